The van der Waals surface area contributed by atoms with Gasteiger partial charge in [0.15, 0.2) is 5.16 Å². The van der Waals surface area contributed by atoms with E-state index < -0.39 is 5.82 Å². The highest BCUT2D eigenvalue weighted by Crippen LogP contribution is 2.24. The van der Waals surface area contributed by atoms with Gasteiger partial charge in [0.05, 0.1) is 27.7 Å². The van der Waals surface area contributed by atoms with Gasteiger partial charge in [0.1, 0.15) is 5.82 Å². The highest BCUT2D eigenvalue weighted by atomic mass is 35.5. The number of aromatic nitrogens is 2. The summed E-state index contributed by atoms with van der Waals surface area (Å²) in [5, 5.41) is 9.55. The second-order valence-corrected chi connectivity index (χ2v) is 6.38. The Kier molecular flexibility index (Phi) is 4.84. The molecule has 0 amide bonds. The molecule has 0 unspecified atom stereocenters. The number of halogens is 2. The lowest BCUT2D eigenvalue weighted by molar-refractivity contribution is 0.627. The summed E-state index contributed by atoms with van der Waals surface area (Å²) < 4.78 is 14.8. The van der Waals surface area contributed by atoms with Crippen LogP contribution in [0, 0.1) is 17.1 Å². The molecule has 1 aromatic heterocycles. The molecule has 0 saturated carbocycles. The van der Waals surface area contributed by atoms with E-state index in [2.05, 4.69) is 11.1 Å². The van der Waals surface area contributed by atoms with Crippen LogP contribution in [0.2, 0.25) is 5.02 Å². The van der Waals surface area contributed by atoms with Crippen LogP contribution >= 0.6 is 23.4 Å². The van der Waals surface area contributed by atoms with Crippen LogP contribution in [-0.2, 0) is 0 Å². The van der Waals surface area contributed by atoms with Crippen molar-refractivity contribution in [3.8, 4) is 11.8 Å². The SMILES string of the molecule is N#CCCSc1nc2ccccc2c(=O)n1-c1ccc(F)c(Cl)c1. The van der Waals surface area contributed by atoms with Crippen LogP contribution in [0.15, 0.2) is 52.4 Å². The van der Waals surface area contributed by atoms with E-state index in [1.807, 2.05) is 0 Å². The summed E-state index contributed by atoms with van der Waals surface area (Å²) in [7, 11) is 0. The summed E-state index contributed by atoms with van der Waals surface area (Å²) in [6, 6.07) is 13.2. The van der Waals surface area contributed by atoms with E-state index in [1.165, 1.54) is 34.5 Å². The third-order valence-electron chi connectivity index (χ3n) is 3.35. The number of rotatable bonds is 4. The third kappa shape index (κ3) is 3.14. The Labute approximate surface area is 146 Å². The Morgan fingerprint density at radius 3 is 2.83 bits per heavy atom. The van der Waals surface area contributed by atoms with Gasteiger partial charge in [-0.2, -0.15) is 5.26 Å². The number of benzene rings is 2. The number of nitrogens with zero attached hydrogens (tertiary/aromatic N) is 3. The summed E-state index contributed by atoms with van der Waals surface area (Å²) in [4.78, 5) is 17.4. The average molecular weight is 360 g/mol. The van der Waals surface area contributed by atoms with Gasteiger partial charge in [-0.15, -0.1) is 0 Å². The van der Waals surface area contributed by atoms with Crippen molar-refractivity contribution >= 4 is 34.3 Å². The van der Waals surface area contributed by atoms with Crippen molar-refractivity contribution in [3.05, 3.63) is 63.7 Å². The summed E-state index contributed by atoms with van der Waals surface area (Å²) in [5.74, 6) is -0.0585. The first-order valence-corrected chi connectivity index (χ1v) is 8.45. The Hall–Kier alpha value is -2.36. The van der Waals surface area contributed by atoms with E-state index in [1.54, 1.807) is 24.3 Å². The molecule has 1 heterocycles. The maximum absolute atomic E-state index is 13.4. The average Bonchev–Trinajstić information content (AvgIpc) is 2.58. The zero-order chi connectivity index (χ0) is 17.1. The minimum atomic E-state index is -0.555. The molecule has 0 aliphatic rings. The second kappa shape index (κ2) is 7.04. The molecule has 0 atom stereocenters. The van der Waals surface area contributed by atoms with E-state index in [-0.39, 0.29) is 10.6 Å². The van der Waals surface area contributed by atoms with Crippen LogP contribution in [0.1, 0.15) is 6.42 Å². The third-order valence-corrected chi connectivity index (χ3v) is 4.58. The molecule has 0 bridgehead atoms. The molecular weight excluding hydrogens is 349 g/mol. The molecule has 4 nitrogen and oxygen atoms in total. The van der Waals surface area contributed by atoms with E-state index in [9.17, 15) is 9.18 Å². The lowest BCUT2D eigenvalue weighted by Gasteiger charge is -2.13. The number of hydrogen-bond acceptors (Lipinski definition) is 4. The molecule has 0 aliphatic carbocycles. The first kappa shape index (κ1) is 16.5. The highest BCUT2D eigenvalue weighted by Gasteiger charge is 2.14. The molecular formula is C17H11ClFN3OS. The fourth-order valence-corrected chi connectivity index (χ4v) is 3.28. The molecule has 2 aromatic carbocycles. The fourth-order valence-electron chi connectivity index (χ4n) is 2.25. The standard InChI is InChI=1S/C17H11ClFN3OS/c18-13-10-11(6-7-14(13)19)22-16(23)12-4-1-2-5-15(12)21-17(22)24-9-3-8-20/h1-2,4-7,10H,3,9H2. The molecule has 3 aromatic rings. The zero-order valence-electron chi connectivity index (χ0n) is 12.4. The number of nitriles is 1. The topological polar surface area (TPSA) is 58.7 Å². The second-order valence-electron chi connectivity index (χ2n) is 4.91. The lowest BCUT2D eigenvalue weighted by atomic mass is 10.2. The normalized spacial score (nSPS) is 10.7. The van der Waals surface area contributed by atoms with Gasteiger partial charge in [-0.05, 0) is 30.3 Å². The van der Waals surface area contributed by atoms with Crippen LogP contribution in [0.25, 0.3) is 16.6 Å². The predicted molar refractivity (Wildman–Crippen MR) is 93.3 cm³/mol. The lowest BCUT2D eigenvalue weighted by Crippen LogP contribution is -2.21. The molecule has 0 radical (unpaired) electrons. The molecule has 24 heavy (non-hydrogen) atoms. The largest absolute Gasteiger partial charge is 0.268 e. The quantitative estimate of drug-likeness (QED) is 0.398. The van der Waals surface area contributed by atoms with Gasteiger partial charge in [0, 0.05) is 12.2 Å². The van der Waals surface area contributed by atoms with E-state index in [0.29, 0.717) is 33.9 Å². The molecule has 0 N–H and O–H groups in total. The van der Waals surface area contributed by atoms with Gasteiger partial charge >= 0.3 is 0 Å². The van der Waals surface area contributed by atoms with E-state index >= 15 is 0 Å². The Morgan fingerprint density at radius 2 is 2.08 bits per heavy atom. The molecule has 0 saturated heterocycles. The van der Waals surface area contributed by atoms with E-state index in [4.69, 9.17) is 16.9 Å². The van der Waals surface area contributed by atoms with Crippen molar-refractivity contribution in [2.24, 2.45) is 0 Å². The van der Waals surface area contributed by atoms with Crippen LogP contribution in [0.4, 0.5) is 4.39 Å². The summed E-state index contributed by atoms with van der Waals surface area (Å²) in [6.07, 6.45) is 0.331. The van der Waals surface area contributed by atoms with Gasteiger partial charge in [-0.3, -0.25) is 9.36 Å². The van der Waals surface area contributed by atoms with Crippen molar-refractivity contribution in [2.45, 2.75) is 11.6 Å². The number of hydrogen-bond donors (Lipinski definition) is 0. The zero-order valence-corrected chi connectivity index (χ0v) is 13.9. The number of fused-ring (bicyclic) bond motifs is 1. The van der Waals surface area contributed by atoms with Gasteiger partial charge in [-0.25, -0.2) is 9.37 Å². The first-order valence-electron chi connectivity index (χ1n) is 7.09. The summed E-state index contributed by atoms with van der Waals surface area (Å²) >= 11 is 7.15. The van der Waals surface area contributed by atoms with Crippen LogP contribution in [0.3, 0.4) is 0 Å². The van der Waals surface area contributed by atoms with Crippen molar-refractivity contribution in [1.82, 2.24) is 9.55 Å². The molecule has 3 rings (SSSR count). The number of para-hydroxylation sites is 1. The molecule has 0 aliphatic heterocycles. The van der Waals surface area contributed by atoms with Crippen molar-refractivity contribution < 1.29 is 4.39 Å². The monoisotopic (exact) mass is 359 g/mol. The minimum absolute atomic E-state index is 0.0690. The molecule has 120 valence electrons. The van der Waals surface area contributed by atoms with Gasteiger partial charge < -0.3 is 0 Å². The molecule has 0 fully saturated rings. The van der Waals surface area contributed by atoms with E-state index in [0.717, 1.165) is 0 Å². The van der Waals surface area contributed by atoms with Crippen molar-refractivity contribution in [3.63, 3.8) is 0 Å². The van der Waals surface area contributed by atoms with Gasteiger partial charge in [0.25, 0.3) is 5.56 Å². The predicted octanol–water partition coefficient (Wildman–Crippen LogP) is 4.18. The maximum atomic E-state index is 13.4. The highest BCUT2D eigenvalue weighted by molar-refractivity contribution is 7.99. The Balaban J connectivity index is 2.24. The Morgan fingerprint density at radius 1 is 1.29 bits per heavy atom. The van der Waals surface area contributed by atoms with Crippen molar-refractivity contribution in [1.29, 1.82) is 5.26 Å². The first-order chi connectivity index (χ1) is 11.6. The summed E-state index contributed by atoms with van der Waals surface area (Å²) in [6.45, 7) is 0. The molecule has 0 spiro atoms. The minimum Gasteiger partial charge on any atom is -0.268 e. The Bertz CT molecular complexity index is 1010. The van der Waals surface area contributed by atoms with Gasteiger partial charge in [-0.1, -0.05) is 35.5 Å². The van der Waals surface area contributed by atoms with Crippen molar-refractivity contribution in [2.75, 3.05) is 5.75 Å². The van der Waals surface area contributed by atoms with Crippen LogP contribution in [0.5, 0.6) is 0 Å². The fraction of sp³-hybridized carbons (Fsp3) is 0.118. The molecule has 7 heteroatoms. The van der Waals surface area contributed by atoms with Gasteiger partial charge in [0.2, 0.25) is 0 Å². The smallest absolute Gasteiger partial charge is 0.266 e. The maximum Gasteiger partial charge on any atom is 0.266 e. The van der Waals surface area contributed by atoms with Crippen LogP contribution < -0.4 is 5.56 Å². The number of thioether (sulfide) groups is 1. The summed E-state index contributed by atoms with van der Waals surface area (Å²) in [5.41, 5.74) is 0.748. The van der Waals surface area contributed by atoms with Crippen LogP contribution in [-0.4, -0.2) is 15.3 Å².